The minimum Gasteiger partial charge on any atom is -0.494 e. The van der Waals surface area contributed by atoms with Gasteiger partial charge in [0.25, 0.3) is 0 Å². The SMILES string of the molecule is COc1ccccc1-n1nnnc1SCC(=O)NCCCNC(C)(C)C. The number of para-hydroxylation sites is 2. The third kappa shape index (κ3) is 6.30. The van der Waals surface area contributed by atoms with E-state index < -0.39 is 0 Å². The van der Waals surface area contributed by atoms with Crippen LogP contribution in [0.4, 0.5) is 0 Å². The van der Waals surface area contributed by atoms with Gasteiger partial charge in [-0.05, 0) is 56.3 Å². The highest BCUT2D eigenvalue weighted by Gasteiger charge is 2.14. The van der Waals surface area contributed by atoms with Gasteiger partial charge in [-0.3, -0.25) is 4.79 Å². The Labute approximate surface area is 158 Å². The molecular formula is C17H26N6O2S. The smallest absolute Gasteiger partial charge is 0.230 e. The van der Waals surface area contributed by atoms with E-state index in [9.17, 15) is 4.79 Å². The first kappa shape index (κ1) is 20.2. The molecule has 0 bridgehead atoms. The number of carbonyl (C=O) groups excluding carboxylic acids is 1. The molecule has 9 heteroatoms. The van der Waals surface area contributed by atoms with Gasteiger partial charge in [-0.15, -0.1) is 5.10 Å². The molecule has 2 rings (SSSR count). The normalized spacial score (nSPS) is 11.4. The summed E-state index contributed by atoms with van der Waals surface area (Å²) in [5.41, 5.74) is 0.825. The summed E-state index contributed by atoms with van der Waals surface area (Å²) in [5.74, 6) is 0.875. The van der Waals surface area contributed by atoms with E-state index >= 15 is 0 Å². The Bertz CT molecular complexity index is 713. The zero-order valence-corrected chi connectivity index (χ0v) is 16.5. The maximum atomic E-state index is 12.0. The second-order valence-electron chi connectivity index (χ2n) is 6.71. The molecule has 2 aromatic rings. The molecule has 0 aliphatic rings. The highest BCUT2D eigenvalue weighted by Crippen LogP contribution is 2.25. The lowest BCUT2D eigenvalue weighted by Crippen LogP contribution is -2.38. The van der Waals surface area contributed by atoms with Crippen molar-refractivity contribution in [2.75, 3.05) is 26.0 Å². The van der Waals surface area contributed by atoms with Crippen molar-refractivity contribution in [3.63, 3.8) is 0 Å². The van der Waals surface area contributed by atoms with E-state index in [-0.39, 0.29) is 17.2 Å². The molecule has 1 aromatic carbocycles. The zero-order valence-electron chi connectivity index (χ0n) is 15.7. The van der Waals surface area contributed by atoms with Gasteiger partial charge in [-0.25, -0.2) is 0 Å². The predicted molar refractivity (Wildman–Crippen MR) is 102 cm³/mol. The summed E-state index contributed by atoms with van der Waals surface area (Å²) < 4.78 is 6.91. The number of hydrogen-bond acceptors (Lipinski definition) is 7. The lowest BCUT2D eigenvalue weighted by Gasteiger charge is -2.20. The van der Waals surface area contributed by atoms with Gasteiger partial charge in [0.05, 0.1) is 12.9 Å². The number of tetrazole rings is 1. The lowest BCUT2D eigenvalue weighted by molar-refractivity contribution is -0.118. The van der Waals surface area contributed by atoms with Gasteiger partial charge in [0.2, 0.25) is 11.1 Å². The molecule has 1 amide bonds. The Morgan fingerprint density at radius 3 is 2.77 bits per heavy atom. The predicted octanol–water partition coefficient (Wildman–Crippen LogP) is 1.66. The number of nitrogens with zero attached hydrogens (tertiary/aromatic N) is 4. The van der Waals surface area contributed by atoms with Crippen molar-refractivity contribution >= 4 is 17.7 Å². The molecule has 0 unspecified atom stereocenters. The first-order chi connectivity index (χ1) is 12.4. The fraction of sp³-hybridized carbons (Fsp3) is 0.529. The largest absolute Gasteiger partial charge is 0.494 e. The minimum absolute atomic E-state index is 0.0414. The molecule has 0 spiro atoms. The number of methoxy groups -OCH3 is 1. The molecule has 0 atom stereocenters. The van der Waals surface area contributed by atoms with Crippen LogP contribution in [0.25, 0.3) is 5.69 Å². The fourth-order valence-corrected chi connectivity index (χ4v) is 2.90. The summed E-state index contributed by atoms with van der Waals surface area (Å²) in [4.78, 5) is 12.0. The molecule has 0 saturated heterocycles. The van der Waals surface area contributed by atoms with E-state index in [4.69, 9.17) is 4.74 Å². The van der Waals surface area contributed by atoms with Crippen LogP contribution < -0.4 is 15.4 Å². The van der Waals surface area contributed by atoms with Gasteiger partial charge in [0.15, 0.2) is 0 Å². The van der Waals surface area contributed by atoms with E-state index in [0.29, 0.717) is 17.5 Å². The highest BCUT2D eigenvalue weighted by molar-refractivity contribution is 7.99. The average molecular weight is 379 g/mol. The lowest BCUT2D eigenvalue weighted by atomic mass is 10.1. The van der Waals surface area contributed by atoms with Crippen molar-refractivity contribution in [2.24, 2.45) is 0 Å². The Morgan fingerprint density at radius 2 is 2.04 bits per heavy atom. The Balaban J connectivity index is 1.82. The molecule has 8 nitrogen and oxygen atoms in total. The molecule has 0 aliphatic heterocycles. The van der Waals surface area contributed by atoms with E-state index in [1.165, 1.54) is 11.8 Å². The maximum Gasteiger partial charge on any atom is 0.230 e. The molecule has 1 heterocycles. The number of carbonyl (C=O) groups is 1. The summed E-state index contributed by atoms with van der Waals surface area (Å²) in [5, 5.41) is 18.5. The van der Waals surface area contributed by atoms with Crippen molar-refractivity contribution in [1.29, 1.82) is 0 Å². The Kier molecular flexibility index (Phi) is 7.40. The number of amides is 1. The van der Waals surface area contributed by atoms with Crippen molar-refractivity contribution in [2.45, 2.75) is 37.9 Å². The monoisotopic (exact) mass is 378 g/mol. The third-order valence-electron chi connectivity index (χ3n) is 3.42. The van der Waals surface area contributed by atoms with Crippen LogP contribution in [0.3, 0.4) is 0 Å². The Morgan fingerprint density at radius 1 is 1.27 bits per heavy atom. The number of thioether (sulfide) groups is 1. The van der Waals surface area contributed by atoms with Gasteiger partial charge in [-0.2, -0.15) is 4.68 Å². The number of nitrogens with one attached hydrogen (secondary N) is 2. The van der Waals surface area contributed by atoms with Crippen LogP contribution in [-0.2, 0) is 4.79 Å². The maximum absolute atomic E-state index is 12.0. The van der Waals surface area contributed by atoms with Crippen molar-refractivity contribution in [3.05, 3.63) is 24.3 Å². The summed E-state index contributed by atoms with van der Waals surface area (Å²) in [6, 6.07) is 7.46. The number of ether oxygens (including phenoxy) is 1. The molecule has 0 aliphatic carbocycles. The van der Waals surface area contributed by atoms with Crippen molar-refractivity contribution in [1.82, 2.24) is 30.8 Å². The Hall–Kier alpha value is -2.13. The molecular weight excluding hydrogens is 352 g/mol. The van der Waals surface area contributed by atoms with Gasteiger partial charge in [0.1, 0.15) is 11.4 Å². The van der Waals surface area contributed by atoms with Crippen LogP contribution in [0.2, 0.25) is 0 Å². The summed E-state index contributed by atoms with van der Waals surface area (Å²) in [7, 11) is 1.60. The number of hydrogen-bond donors (Lipinski definition) is 2. The summed E-state index contributed by atoms with van der Waals surface area (Å²) in [6.07, 6.45) is 0.882. The minimum atomic E-state index is -0.0414. The molecule has 26 heavy (non-hydrogen) atoms. The van der Waals surface area contributed by atoms with Gasteiger partial charge >= 0.3 is 0 Å². The fourth-order valence-electron chi connectivity index (χ4n) is 2.19. The second kappa shape index (κ2) is 9.54. The van der Waals surface area contributed by atoms with Crippen molar-refractivity contribution in [3.8, 4) is 11.4 Å². The van der Waals surface area contributed by atoms with Crippen LogP contribution in [0.15, 0.2) is 29.4 Å². The van der Waals surface area contributed by atoms with Gasteiger partial charge < -0.3 is 15.4 Å². The van der Waals surface area contributed by atoms with Crippen LogP contribution in [0.1, 0.15) is 27.2 Å². The molecule has 0 fully saturated rings. The second-order valence-corrected chi connectivity index (χ2v) is 7.66. The zero-order chi connectivity index (χ0) is 19.0. The first-order valence-corrected chi connectivity index (χ1v) is 9.45. The van der Waals surface area contributed by atoms with Crippen LogP contribution in [0.5, 0.6) is 5.75 Å². The molecule has 1 aromatic heterocycles. The van der Waals surface area contributed by atoms with E-state index in [1.807, 2.05) is 24.3 Å². The molecule has 142 valence electrons. The summed E-state index contributed by atoms with van der Waals surface area (Å²) in [6.45, 7) is 7.86. The topological polar surface area (TPSA) is 94.0 Å². The molecule has 2 N–H and O–H groups in total. The number of aromatic nitrogens is 4. The van der Waals surface area contributed by atoms with E-state index in [1.54, 1.807) is 11.8 Å². The first-order valence-electron chi connectivity index (χ1n) is 8.47. The quantitative estimate of drug-likeness (QED) is 0.506. The third-order valence-corrected chi connectivity index (χ3v) is 4.34. The molecule has 0 saturated carbocycles. The van der Waals surface area contributed by atoms with Crippen molar-refractivity contribution < 1.29 is 9.53 Å². The number of rotatable bonds is 9. The van der Waals surface area contributed by atoms with Crippen LogP contribution in [0, 0.1) is 0 Å². The average Bonchev–Trinajstić information content (AvgIpc) is 3.07. The number of benzene rings is 1. The van der Waals surface area contributed by atoms with Gasteiger partial charge in [-0.1, -0.05) is 23.9 Å². The van der Waals surface area contributed by atoms with E-state index in [2.05, 4.69) is 46.9 Å². The van der Waals surface area contributed by atoms with Crippen LogP contribution in [-0.4, -0.2) is 57.6 Å². The standard InChI is InChI=1S/C17H26N6O2S/c1-17(2,3)19-11-7-10-18-15(24)12-26-16-20-21-22-23(16)13-8-5-6-9-14(13)25-4/h5-6,8-9,19H,7,10-12H2,1-4H3,(H,18,24). The highest BCUT2D eigenvalue weighted by atomic mass is 32.2. The summed E-state index contributed by atoms with van der Waals surface area (Å²) >= 11 is 1.29. The molecule has 0 radical (unpaired) electrons. The van der Waals surface area contributed by atoms with E-state index in [0.717, 1.165) is 18.7 Å². The van der Waals surface area contributed by atoms with Gasteiger partial charge in [0, 0.05) is 12.1 Å². The van der Waals surface area contributed by atoms with Crippen LogP contribution >= 0.6 is 11.8 Å².